The molecule has 2 aromatic rings. The lowest BCUT2D eigenvalue weighted by Gasteiger charge is -2.33. The number of hydrogen-bond donors (Lipinski definition) is 1. The highest BCUT2D eigenvalue weighted by atomic mass is 32.2. The third-order valence-corrected chi connectivity index (χ3v) is 6.73. The first-order chi connectivity index (χ1) is 16.7. The first kappa shape index (κ1) is 27.3. The lowest BCUT2D eigenvalue weighted by atomic mass is 10.1. The summed E-state index contributed by atoms with van der Waals surface area (Å²) < 4.78 is 37.6. The van der Waals surface area contributed by atoms with E-state index in [0.29, 0.717) is 24.7 Å². The Balaban J connectivity index is 1.93. The van der Waals surface area contributed by atoms with Crippen molar-refractivity contribution in [2.45, 2.75) is 52.7 Å². The van der Waals surface area contributed by atoms with E-state index in [2.05, 4.69) is 5.32 Å². The fraction of sp³-hybridized carbons (Fsp3) is 0.462. The maximum Gasteiger partial charge on any atom is 0.244 e. The molecule has 1 atom stereocenters. The molecule has 0 fully saturated rings. The van der Waals surface area contributed by atoms with Gasteiger partial charge in [-0.1, -0.05) is 29.8 Å². The van der Waals surface area contributed by atoms with Crippen LogP contribution >= 0.6 is 0 Å². The number of rotatable bonds is 8. The summed E-state index contributed by atoms with van der Waals surface area (Å²) in [5.41, 5.74) is 1.63. The molecule has 2 amide bonds. The minimum Gasteiger partial charge on any atom is -0.486 e. The van der Waals surface area contributed by atoms with Crippen molar-refractivity contribution in [3.05, 3.63) is 53.6 Å². The van der Waals surface area contributed by atoms with Crippen LogP contribution in [0.5, 0.6) is 11.5 Å². The second kappa shape index (κ2) is 10.8. The number of carbonyl (C=O) groups is 2. The van der Waals surface area contributed by atoms with Gasteiger partial charge in [-0.15, -0.1) is 0 Å². The summed E-state index contributed by atoms with van der Waals surface area (Å²) in [5, 5.41) is 2.91. The molecule has 36 heavy (non-hydrogen) atoms. The Morgan fingerprint density at radius 1 is 1.06 bits per heavy atom. The Morgan fingerprint density at radius 2 is 1.72 bits per heavy atom. The highest BCUT2D eigenvalue weighted by molar-refractivity contribution is 7.92. The summed E-state index contributed by atoms with van der Waals surface area (Å²) in [7, 11) is -3.84. The molecule has 1 N–H and O–H groups in total. The van der Waals surface area contributed by atoms with Gasteiger partial charge in [-0.2, -0.15) is 0 Å². The predicted octanol–water partition coefficient (Wildman–Crippen LogP) is 2.86. The molecule has 0 bridgehead atoms. The molecule has 0 unspecified atom stereocenters. The van der Waals surface area contributed by atoms with Crippen molar-refractivity contribution in [2.75, 3.05) is 30.3 Å². The smallest absolute Gasteiger partial charge is 0.244 e. The van der Waals surface area contributed by atoms with E-state index in [4.69, 9.17) is 9.47 Å². The van der Waals surface area contributed by atoms with Crippen LogP contribution in [-0.2, 0) is 26.2 Å². The first-order valence-corrected chi connectivity index (χ1v) is 13.6. The number of hydrogen-bond acceptors (Lipinski definition) is 6. The minimum absolute atomic E-state index is 0.151. The zero-order valence-electron chi connectivity index (χ0n) is 21.7. The summed E-state index contributed by atoms with van der Waals surface area (Å²) in [4.78, 5) is 28.1. The van der Waals surface area contributed by atoms with Crippen molar-refractivity contribution in [3.63, 3.8) is 0 Å². The van der Waals surface area contributed by atoms with Crippen LogP contribution in [-0.4, -0.2) is 62.7 Å². The third-order valence-electron chi connectivity index (χ3n) is 5.59. The Bertz CT molecular complexity index is 1220. The average molecular weight is 518 g/mol. The highest BCUT2D eigenvalue weighted by Crippen LogP contribution is 2.34. The monoisotopic (exact) mass is 517 g/mol. The molecular weight excluding hydrogens is 482 g/mol. The van der Waals surface area contributed by atoms with Gasteiger partial charge >= 0.3 is 0 Å². The van der Waals surface area contributed by atoms with E-state index in [9.17, 15) is 18.0 Å². The number of nitrogens with zero attached hydrogens (tertiary/aromatic N) is 2. The molecule has 1 heterocycles. The van der Waals surface area contributed by atoms with Gasteiger partial charge in [0.15, 0.2) is 11.5 Å². The molecule has 0 aliphatic carbocycles. The van der Waals surface area contributed by atoms with Gasteiger partial charge in [0.05, 0.1) is 11.9 Å². The summed E-state index contributed by atoms with van der Waals surface area (Å²) in [6.45, 7) is 9.59. The van der Waals surface area contributed by atoms with Crippen LogP contribution in [0.4, 0.5) is 5.69 Å². The number of fused-ring (bicyclic) bond motifs is 1. The van der Waals surface area contributed by atoms with Gasteiger partial charge < -0.3 is 19.7 Å². The zero-order valence-corrected chi connectivity index (χ0v) is 22.5. The average Bonchev–Trinajstić information content (AvgIpc) is 2.78. The van der Waals surface area contributed by atoms with Gasteiger partial charge in [-0.05, 0) is 52.3 Å². The minimum atomic E-state index is -3.84. The number of aryl methyl sites for hydroxylation is 1. The molecule has 0 radical (unpaired) electrons. The zero-order chi connectivity index (χ0) is 26.7. The highest BCUT2D eigenvalue weighted by Gasteiger charge is 2.31. The Labute approximate surface area is 213 Å². The molecule has 3 rings (SSSR count). The van der Waals surface area contributed by atoms with Crippen LogP contribution in [0, 0.1) is 6.92 Å². The second-order valence-electron chi connectivity index (χ2n) is 10.0. The molecule has 0 spiro atoms. The fourth-order valence-corrected chi connectivity index (χ4v) is 4.71. The summed E-state index contributed by atoms with van der Waals surface area (Å²) in [5.74, 6) is 0.0924. The van der Waals surface area contributed by atoms with Crippen LogP contribution in [0.3, 0.4) is 0 Å². The number of benzene rings is 2. The van der Waals surface area contributed by atoms with Crippen molar-refractivity contribution in [3.8, 4) is 11.5 Å². The van der Waals surface area contributed by atoms with E-state index in [1.54, 1.807) is 25.1 Å². The van der Waals surface area contributed by atoms with Crippen molar-refractivity contribution in [2.24, 2.45) is 0 Å². The number of carbonyl (C=O) groups excluding carboxylic acids is 2. The number of ether oxygens (including phenoxy) is 2. The van der Waals surface area contributed by atoms with Crippen LogP contribution in [0.1, 0.15) is 38.8 Å². The Hall–Kier alpha value is -3.27. The lowest BCUT2D eigenvalue weighted by molar-refractivity contribution is -0.140. The Morgan fingerprint density at radius 3 is 2.33 bits per heavy atom. The fourth-order valence-electron chi connectivity index (χ4n) is 3.86. The van der Waals surface area contributed by atoms with Gasteiger partial charge in [-0.25, -0.2) is 8.42 Å². The number of nitrogens with one attached hydrogen (secondary N) is 1. The largest absolute Gasteiger partial charge is 0.486 e. The van der Waals surface area contributed by atoms with E-state index in [1.807, 2.05) is 52.0 Å². The van der Waals surface area contributed by atoms with Crippen LogP contribution in [0.15, 0.2) is 42.5 Å². The van der Waals surface area contributed by atoms with Crippen LogP contribution in [0.25, 0.3) is 0 Å². The lowest BCUT2D eigenvalue weighted by Crippen LogP contribution is -2.54. The predicted molar refractivity (Wildman–Crippen MR) is 139 cm³/mol. The molecule has 196 valence electrons. The van der Waals surface area contributed by atoms with E-state index in [-0.39, 0.29) is 18.1 Å². The quantitative estimate of drug-likeness (QED) is 0.577. The van der Waals surface area contributed by atoms with Gasteiger partial charge in [0, 0.05) is 18.2 Å². The van der Waals surface area contributed by atoms with E-state index in [0.717, 1.165) is 21.7 Å². The molecule has 0 saturated carbocycles. The second-order valence-corrected chi connectivity index (χ2v) is 11.9. The van der Waals surface area contributed by atoms with Crippen LogP contribution in [0.2, 0.25) is 0 Å². The number of sulfonamides is 1. The summed E-state index contributed by atoms with van der Waals surface area (Å²) >= 11 is 0. The third kappa shape index (κ3) is 7.13. The summed E-state index contributed by atoms with van der Waals surface area (Å²) in [6.07, 6.45) is 1.04. The normalized spacial score (nSPS) is 14.1. The van der Waals surface area contributed by atoms with E-state index in [1.165, 1.54) is 4.90 Å². The van der Waals surface area contributed by atoms with Crippen molar-refractivity contribution >= 4 is 27.5 Å². The topological polar surface area (TPSA) is 105 Å². The van der Waals surface area contributed by atoms with E-state index < -0.39 is 34.1 Å². The Kier molecular flexibility index (Phi) is 8.18. The van der Waals surface area contributed by atoms with Crippen molar-refractivity contribution in [1.82, 2.24) is 10.2 Å². The molecule has 10 heteroatoms. The van der Waals surface area contributed by atoms with Gasteiger partial charge in [0.2, 0.25) is 21.8 Å². The molecule has 1 aliphatic heterocycles. The molecular formula is C26H35N3O6S. The molecule has 0 saturated heterocycles. The first-order valence-electron chi connectivity index (χ1n) is 11.8. The number of amides is 2. The molecule has 0 aromatic heterocycles. The molecule has 2 aromatic carbocycles. The molecule has 1 aliphatic rings. The number of anilines is 1. The maximum absolute atomic E-state index is 13.6. The summed E-state index contributed by atoms with van der Waals surface area (Å²) in [6, 6.07) is 11.5. The van der Waals surface area contributed by atoms with Gasteiger partial charge in [-0.3, -0.25) is 13.9 Å². The van der Waals surface area contributed by atoms with Crippen LogP contribution < -0.4 is 19.1 Å². The van der Waals surface area contributed by atoms with Gasteiger partial charge in [0.1, 0.15) is 25.8 Å². The standard InChI is InChI=1S/C26H35N3O6S/c1-18-8-7-9-20(14-18)16-28(19(2)25(31)27-26(3,4)5)24(30)17-29(36(6,32)33)21-10-11-22-23(15-21)35-13-12-34-22/h7-11,14-15,19H,12-13,16-17H2,1-6H3,(H,27,31)/t19-/m1/s1. The van der Waals surface area contributed by atoms with Crippen molar-refractivity contribution in [1.29, 1.82) is 0 Å². The van der Waals surface area contributed by atoms with Crippen molar-refractivity contribution < 1.29 is 27.5 Å². The van der Waals surface area contributed by atoms with E-state index >= 15 is 0 Å². The maximum atomic E-state index is 13.6. The SMILES string of the molecule is Cc1cccc(CN(C(=O)CN(c2ccc3c(c2)OCCO3)S(C)(=O)=O)[C@H](C)C(=O)NC(C)(C)C)c1. The molecule has 9 nitrogen and oxygen atoms in total. The van der Waals surface area contributed by atoms with Gasteiger partial charge in [0.25, 0.3) is 0 Å².